The first kappa shape index (κ1) is 24.9. The van der Waals surface area contributed by atoms with Crippen molar-refractivity contribution in [1.82, 2.24) is 10.3 Å². The summed E-state index contributed by atoms with van der Waals surface area (Å²) >= 11 is 8.74. The van der Waals surface area contributed by atoms with Crippen LogP contribution in [0.5, 0.6) is 5.75 Å². The van der Waals surface area contributed by atoms with Gasteiger partial charge < -0.3 is 14.5 Å². The van der Waals surface area contributed by atoms with E-state index in [1.807, 2.05) is 37.3 Å². The zero-order valence-electron chi connectivity index (χ0n) is 19.7. The fourth-order valence-corrected chi connectivity index (χ4v) is 4.26. The Morgan fingerprint density at radius 2 is 1.89 bits per heavy atom. The predicted octanol–water partition coefficient (Wildman–Crippen LogP) is 7.30. The van der Waals surface area contributed by atoms with Gasteiger partial charge in [0.1, 0.15) is 11.3 Å². The van der Waals surface area contributed by atoms with Crippen LogP contribution in [-0.4, -0.2) is 22.6 Å². The van der Waals surface area contributed by atoms with E-state index in [1.54, 1.807) is 18.2 Å². The van der Waals surface area contributed by atoms with Crippen molar-refractivity contribution in [3.63, 3.8) is 0 Å². The number of hydrogen-bond donors (Lipinski definition) is 2. The largest absolute Gasteiger partial charge is 0.493 e. The topological polar surface area (TPSA) is 76.4 Å². The molecule has 1 heterocycles. The second kappa shape index (κ2) is 11.0. The second-order valence-electron chi connectivity index (χ2n) is 8.12. The highest BCUT2D eigenvalue weighted by Crippen LogP contribution is 2.29. The Morgan fingerprint density at radius 3 is 2.57 bits per heavy atom. The van der Waals surface area contributed by atoms with E-state index in [1.165, 1.54) is 5.56 Å². The number of nitrogens with zero attached hydrogens (tertiary/aromatic N) is 1. The van der Waals surface area contributed by atoms with E-state index in [0.29, 0.717) is 34.2 Å². The molecule has 2 N–H and O–H groups in total. The smallest absolute Gasteiger partial charge is 0.257 e. The zero-order chi connectivity index (χ0) is 24.9. The number of hydrogen-bond acceptors (Lipinski definition) is 5. The Hall–Kier alpha value is -3.23. The molecule has 3 aromatic carbocycles. The highest BCUT2D eigenvalue weighted by atomic mass is 79.9. The summed E-state index contributed by atoms with van der Waals surface area (Å²) < 4.78 is 12.1. The molecule has 0 bridgehead atoms. The lowest BCUT2D eigenvalue weighted by Crippen LogP contribution is -2.34. The number of fused-ring (bicyclic) bond motifs is 1. The van der Waals surface area contributed by atoms with Crippen LogP contribution in [0.25, 0.3) is 22.6 Å². The molecule has 0 radical (unpaired) electrons. The molecule has 6 nitrogen and oxygen atoms in total. The minimum atomic E-state index is -0.314. The van der Waals surface area contributed by atoms with E-state index in [9.17, 15) is 4.79 Å². The van der Waals surface area contributed by atoms with Crippen LogP contribution in [0.15, 0.2) is 69.6 Å². The molecule has 4 aromatic rings. The van der Waals surface area contributed by atoms with Crippen LogP contribution in [-0.2, 0) is 0 Å². The molecule has 0 unspecified atom stereocenters. The van der Waals surface area contributed by atoms with Crippen molar-refractivity contribution < 1.29 is 13.9 Å². The third-order valence-corrected chi connectivity index (χ3v) is 6.53. The van der Waals surface area contributed by atoms with Gasteiger partial charge in [-0.1, -0.05) is 19.9 Å². The number of ether oxygens (including phenoxy) is 1. The number of rotatable bonds is 7. The summed E-state index contributed by atoms with van der Waals surface area (Å²) in [5, 5.41) is 5.93. The molecule has 0 saturated carbocycles. The second-order valence-corrected chi connectivity index (χ2v) is 9.38. The van der Waals surface area contributed by atoms with E-state index in [4.69, 9.17) is 21.4 Å². The Bertz CT molecular complexity index is 1370. The summed E-state index contributed by atoms with van der Waals surface area (Å²) in [4.78, 5) is 17.2. The standard InChI is InChI=1S/C27H26BrN3O3S/c1-4-16(3)18-8-13-24-22(15-18)30-26(34-24)17-6-10-20(11-7-17)29-27(35)31-25(32)19-9-12-23(33-5-2)21(28)14-19/h6-16H,4-5H2,1-3H3,(H2,29,31,32,35)/t16-/m1/s1. The first-order valence-corrected chi connectivity index (χ1v) is 12.6. The third kappa shape index (κ3) is 5.89. The molecule has 0 saturated heterocycles. The summed E-state index contributed by atoms with van der Waals surface area (Å²) in [7, 11) is 0. The molecule has 0 aliphatic rings. The first-order chi connectivity index (χ1) is 16.9. The molecule has 1 atom stereocenters. The molecule has 35 heavy (non-hydrogen) atoms. The van der Waals surface area contributed by atoms with Crippen molar-refractivity contribution in [2.75, 3.05) is 11.9 Å². The Morgan fingerprint density at radius 1 is 1.11 bits per heavy atom. The summed E-state index contributed by atoms with van der Waals surface area (Å²) in [6, 6.07) is 18.8. The highest BCUT2D eigenvalue weighted by Gasteiger charge is 2.13. The number of thiocarbonyl (C=S) groups is 1. The summed E-state index contributed by atoms with van der Waals surface area (Å²) in [6.45, 7) is 6.83. The fraction of sp³-hybridized carbons (Fsp3) is 0.222. The number of benzene rings is 3. The van der Waals surface area contributed by atoms with Crippen molar-refractivity contribution in [3.05, 3.63) is 76.3 Å². The maximum atomic E-state index is 12.6. The first-order valence-electron chi connectivity index (χ1n) is 11.4. The number of oxazole rings is 1. The number of halogens is 1. The van der Waals surface area contributed by atoms with Crippen LogP contribution in [0, 0.1) is 0 Å². The van der Waals surface area contributed by atoms with Gasteiger partial charge in [0.25, 0.3) is 5.91 Å². The van der Waals surface area contributed by atoms with Gasteiger partial charge in [-0.15, -0.1) is 0 Å². The van der Waals surface area contributed by atoms with Crippen molar-refractivity contribution in [1.29, 1.82) is 0 Å². The highest BCUT2D eigenvalue weighted by molar-refractivity contribution is 9.10. The normalized spacial score (nSPS) is 11.8. The number of nitrogens with one attached hydrogen (secondary N) is 2. The Balaban J connectivity index is 1.40. The number of anilines is 1. The molecule has 0 fully saturated rings. The van der Waals surface area contributed by atoms with Crippen LogP contribution in [0.2, 0.25) is 0 Å². The quantitative estimate of drug-likeness (QED) is 0.235. The number of aromatic nitrogens is 1. The van der Waals surface area contributed by atoms with Crippen LogP contribution in [0.3, 0.4) is 0 Å². The van der Waals surface area contributed by atoms with Gasteiger partial charge >= 0.3 is 0 Å². The summed E-state index contributed by atoms with van der Waals surface area (Å²) in [6.07, 6.45) is 1.07. The van der Waals surface area contributed by atoms with Gasteiger partial charge in [-0.3, -0.25) is 10.1 Å². The van der Waals surface area contributed by atoms with E-state index in [0.717, 1.165) is 28.8 Å². The van der Waals surface area contributed by atoms with Gasteiger partial charge in [-0.2, -0.15) is 0 Å². The van der Waals surface area contributed by atoms with Gasteiger partial charge in [0, 0.05) is 16.8 Å². The molecule has 1 amide bonds. The van der Waals surface area contributed by atoms with Crippen LogP contribution in [0.4, 0.5) is 5.69 Å². The van der Waals surface area contributed by atoms with Crippen molar-refractivity contribution in [3.8, 4) is 17.2 Å². The van der Waals surface area contributed by atoms with Crippen molar-refractivity contribution in [2.24, 2.45) is 0 Å². The number of carbonyl (C=O) groups excluding carboxylic acids is 1. The molecule has 4 rings (SSSR count). The molecular formula is C27H26BrN3O3S. The van der Waals surface area contributed by atoms with Gasteiger partial charge in [0.2, 0.25) is 5.89 Å². The lowest BCUT2D eigenvalue weighted by atomic mass is 9.98. The summed E-state index contributed by atoms with van der Waals surface area (Å²) in [5.74, 6) is 1.40. The van der Waals surface area contributed by atoms with Gasteiger partial charge in [-0.05, 0) is 108 Å². The maximum Gasteiger partial charge on any atom is 0.257 e. The Kier molecular flexibility index (Phi) is 7.83. The van der Waals surface area contributed by atoms with Crippen LogP contribution >= 0.6 is 28.1 Å². The maximum absolute atomic E-state index is 12.6. The van der Waals surface area contributed by atoms with Crippen molar-refractivity contribution in [2.45, 2.75) is 33.1 Å². The summed E-state index contributed by atoms with van der Waals surface area (Å²) in [5.41, 5.74) is 4.93. The van der Waals surface area contributed by atoms with Crippen LogP contribution < -0.4 is 15.4 Å². The van der Waals surface area contributed by atoms with Gasteiger partial charge in [-0.25, -0.2) is 4.98 Å². The van der Waals surface area contributed by atoms with E-state index < -0.39 is 0 Å². The lowest BCUT2D eigenvalue weighted by Gasteiger charge is -2.11. The van der Waals surface area contributed by atoms with Gasteiger partial charge in [0.15, 0.2) is 10.7 Å². The molecule has 0 aliphatic carbocycles. The number of carbonyl (C=O) groups is 1. The zero-order valence-corrected chi connectivity index (χ0v) is 22.1. The average molecular weight is 552 g/mol. The fourth-order valence-electron chi connectivity index (χ4n) is 3.56. The van der Waals surface area contributed by atoms with E-state index in [2.05, 4.69) is 57.5 Å². The molecule has 8 heteroatoms. The Labute approximate surface area is 218 Å². The molecule has 0 spiro atoms. The lowest BCUT2D eigenvalue weighted by molar-refractivity contribution is 0.0977. The molecule has 180 valence electrons. The monoisotopic (exact) mass is 551 g/mol. The van der Waals surface area contributed by atoms with Crippen LogP contribution in [0.1, 0.15) is 49.0 Å². The minimum absolute atomic E-state index is 0.201. The minimum Gasteiger partial charge on any atom is -0.493 e. The average Bonchev–Trinajstić information content (AvgIpc) is 3.28. The number of amides is 1. The molecule has 0 aliphatic heterocycles. The predicted molar refractivity (Wildman–Crippen MR) is 147 cm³/mol. The van der Waals surface area contributed by atoms with Crippen molar-refractivity contribution >= 4 is 56.0 Å². The van der Waals surface area contributed by atoms with E-state index in [-0.39, 0.29) is 11.0 Å². The molecule has 1 aromatic heterocycles. The molecular weight excluding hydrogens is 526 g/mol. The van der Waals surface area contributed by atoms with Gasteiger partial charge in [0.05, 0.1) is 11.1 Å². The van der Waals surface area contributed by atoms with E-state index >= 15 is 0 Å². The SMILES string of the molecule is CCOc1ccc(C(=O)NC(=S)Nc2ccc(-c3nc4cc([C@H](C)CC)ccc4o3)cc2)cc1Br. The third-order valence-electron chi connectivity index (χ3n) is 5.70.